The molecule has 1 amide bonds. The number of aryl methyl sites for hydroxylation is 1. The number of thiophene rings is 1. The SMILES string of the molecule is Cc1ccsc1/C=C/C(=O)NCC1(C(=O)O)CCCCC1. The quantitative estimate of drug-likeness (QED) is 0.821. The molecule has 1 saturated carbocycles. The summed E-state index contributed by atoms with van der Waals surface area (Å²) in [6.45, 7) is 2.21. The van der Waals surface area contributed by atoms with E-state index in [-0.39, 0.29) is 12.5 Å². The minimum Gasteiger partial charge on any atom is -0.481 e. The summed E-state index contributed by atoms with van der Waals surface area (Å²) in [5.41, 5.74) is 0.360. The Bertz CT molecular complexity index is 541. The van der Waals surface area contributed by atoms with Crippen LogP contribution in [0.4, 0.5) is 0 Å². The van der Waals surface area contributed by atoms with E-state index in [0.29, 0.717) is 12.8 Å². The van der Waals surface area contributed by atoms with E-state index in [0.717, 1.165) is 29.7 Å². The molecule has 0 bridgehead atoms. The molecule has 0 spiro atoms. The van der Waals surface area contributed by atoms with Crippen molar-refractivity contribution >= 4 is 29.3 Å². The zero-order chi connectivity index (χ0) is 15.3. The topological polar surface area (TPSA) is 66.4 Å². The van der Waals surface area contributed by atoms with Crippen molar-refractivity contribution in [3.8, 4) is 0 Å². The fraction of sp³-hybridized carbons (Fsp3) is 0.500. The van der Waals surface area contributed by atoms with E-state index < -0.39 is 11.4 Å². The molecule has 2 N–H and O–H groups in total. The average molecular weight is 307 g/mol. The average Bonchev–Trinajstić information content (AvgIpc) is 2.89. The van der Waals surface area contributed by atoms with Gasteiger partial charge in [-0.3, -0.25) is 9.59 Å². The fourth-order valence-corrected chi connectivity index (χ4v) is 3.54. The van der Waals surface area contributed by atoms with Crippen molar-refractivity contribution in [3.63, 3.8) is 0 Å². The van der Waals surface area contributed by atoms with Gasteiger partial charge >= 0.3 is 5.97 Å². The van der Waals surface area contributed by atoms with Gasteiger partial charge in [0.15, 0.2) is 0 Å². The molecule has 2 rings (SSSR count). The number of hydrogen-bond donors (Lipinski definition) is 2. The molecule has 0 atom stereocenters. The Hall–Kier alpha value is -1.62. The molecular formula is C16H21NO3S. The van der Waals surface area contributed by atoms with Crippen molar-refractivity contribution in [2.24, 2.45) is 5.41 Å². The number of amides is 1. The van der Waals surface area contributed by atoms with Gasteiger partial charge in [0.2, 0.25) is 5.91 Å². The van der Waals surface area contributed by atoms with Crippen molar-refractivity contribution < 1.29 is 14.7 Å². The molecule has 1 aliphatic carbocycles. The number of nitrogens with one attached hydrogen (secondary N) is 1. The zero-order valence-corrected chi connectivity index (χ0v) is 13.0. The summed E-state index contributed by atoms with van der Waals surface area (Å²) >= 11 is 1.58. The third-order valence-electron chi connectivity index (χ3n) is 4.15. The van der Waals surface area contributed by atoms with Gasteiger partial charge in [0.05, 0.1) is 5.41 Å². The molecule has 114 valence electrons. The highest BCUT2D eigenvalue weighted by molar-refractivity contribution is 7.11. The smallest absolute Gasteiger partial charge is 0.311 e. The standard InChI is InChI=1S/C16H21NO3S/c1-12-7-10-21-13(12)5-6-14(18)17-11-16(15(19)20)8-3-2-4-9-16/h5-7,10H,2-4,8-9,11H2,1H3,(H,17,18)(H,19,20)/b6-5+. The second kappa shape index (κ2) is 6.89. The number of carboxylic acids is 1. The highest BCUT2D eigenvalue weighted by atomic mass is 32.1. The van der Waals surface area contributed by atoms with Crippen LogP contribution in [-0.2, 0) is 9.59 Å². The molecular weight excluding hydrogens is 286 g/mol. The number of carbonyl (C=O) groups is 2. The second-order valence-electron chi connectivity index (χ2n) is 5.67. The lowest BCUT2D eigenvalue weighted by Gasteiger charge is -2.33. The maximum absolute atomic E-state index is 11.9. The van der Waals surface area contributed by atoms with Crippen molar-refractivity contribution in [2.75, 3.05) is 6.54 Å². The summed E-state index contributed by atoms with van der Waals surface area (Å²) < 4.78 is 0. The van der Waals surface area contributed by atoms with Crippen LogP contribution in [0.2, 0.25) is 0 Å². The summed E-state index contributed by atoms with van der Waals surface area (Å²) in [6, 6.07) is 2.00. The Kier molecular flexibility index (Phi) is 5.17. The minimum absolute atomic E-state index is 0.217. The van der Waals surface area contributed by atoms with Gasteiger partial charge in [-0.2, -0.15) is 0 Å². The van der Waals surface area contributed by atoms with Gasteiger partial charge in [-0.1, -0.05) is 19.3 Å². The van der Waals surface area contributed by atoms with Crippen molar-refractivity contribution in [1.29, 1.82) is 0 Å². The van der Waals surface area contributed by atoms with Crippen molar-refractivity contribution in [3.05, 3.63) is 28.0 Å². The highest BCUT2D eigenvalue weighted by Gasteiger charge is 2.39. The lowest BCUT2D eigenvalue weighted by molar-refractivity contribution is -0.150. The Labute approximate surface area is 128 Å². The third kappa shape index (κ3) is 3.94. The predicted octanol–water partition coefficient (Wildman–Crippen LogP) is 3.22. The lowest BCUT2D eigenvalue weighted by Crippen LogP contribution is -2.44. The molecule has 5 heteroatoms. The van der Waals surface area contributed by atoms with Crippen molar-refractivity contribution in [1.82, 2.24) is 5.32 Å². The van der Waals surface area contributed by atoms with Crippen LogP contribution in [-0.4, -0.2) is 23.5 Å². The van der Waals surface area contributed by atoms with Crippen LogP contribution in [0.5, 0.6) is 0 Å². The number of carboxylic acid groups (broad SMARTS) is 1. The van der Waals surface area contributed by atoms with E-state index >= 15 is 0 Å². The third-order valence-corrected chi connectivity index (χ3v) is 5.14. The van der Waals surface area contributed by atoms with Crippen LogP contribution in [0.15, 0.2) is 17.5 Å². The number of rotatable bonds is 5. The number of aliphatic carboxylic acids is 1. The molecule has 21 heavy (non-hydrogen) atoms. The molecule has 0 aliphatic heterocycles. The summed E-state index contributed by atoms with van der Waals surface area (Å²) in [6.07, 6.45) is 7.49. The minimum atomic E-state index is -0.791. The van der Waals surface area contributed by atoms with E-state index in [9.17, 15) is 14.7 Å². The first-order valence-corrected chi connectivity index (χ1v) is 8.15. The summed E-state index contributed by atoms with van der Waals surface area (Å²) in [7, 11) is 0. The van der Waals surface area contributed by atoms with Gasteiger partial charge in [0, 0.05) is 17.5 Å². The zero-order valence-electron chi connectivity index (χ0n) is 12.2. The van der Waals surface area contributed by atoms with E-state index in [4.69, 9.17) is 0 Å². The monoisotopic (exact) mass is 307 g/mol. The van der Waals surface area contributed by atoms with E-state index in [1.54, 1.807) is 17.4 Å². The van der Waals surface area contributed by atoms with Crippen LogP contribution >= 0.6 is 11.3 Å². The Balaban J connectivity index is 1.92. The fourth-order valence-electron chi connectivity index (χ4n) is 2.72. The maximum atomic E-state index is 11.9. The van der Waals surface area contributed by atoms with Crippen molar-refractivity contribution in [2.45, 2.75) is 39.0 Å². The summed E-state index contributed by atoms with van der Waals surface area (Å²) in [5.74, 6) is -1.02. The van der Waals surface area contributed by atoms with Crippen LogP contribution in [0.3, 0.4) is 0 Å². The van der Waals surface area contributed by atoms with Gasteiger partial charge in [-0.25, -0.2) is 0 Å². The van der Waals surface area contributed by atoms with Crippen LogP contribution in [0.1, 0.15) is 42.5 Å². The van der Waals surface area contributed by atoms with E-state index in [1.165, 1.54) is 6.08 Å². The summed E-state index contributed by atoms with van der Waals surface area (Å²) in [4.78, 5) is 24.4. The van der Waals surface area contributed by atoms with Gasteiger partial charge in [-0.15, -0.1) is 11.3 Å². The first-order valence-electron chi connectivity index (χ1n) is 7.27. The molecule has 1 aromatic rings. The van der Waals surface area contributed by atoms with Crippen LogP contribution in [0, 0.1) is 12.3 Å². The largest absolute Gasteiger partial charge is 0.481 e. The molecule has 4 nitrogen and oxygen atoms in total. The normalized spacial score (nSPS) is 17.8. The first-order chi connectivity index (χ1) is 10.0. The van der Waals surface area contributed by atoms with Gasteiger partial charge < -0.3 is 10.4 Å². The molecule has 1 heterocycles. The van der Waals surface area contributed by atoms with Crippen LogP contribution < -0.4 is 5.32 Å². The Morgan fingerprint density at radius 2 is 2.10 bits per heavy atom. The van der Waals surface area contributed by atoms with E-state index in [2.05, 4.69) is 5.32 Å². The number of carbonyl (C=O) groups excluding carboxylic acids is 1. The molecule has 0 aromatic carbocycles. The maximum Gasteiger partial charge on any atom is 0.311 e. The number of hydrogen-bond acceptors (Lipinski definition) is 3. The Morgan fingerprint density at radius 1 is 1.38 bits per heavy atom. The first kappa shape index (κ1) is 15.8. The highest BCUT2D eigenvalue weighted by Crippen LogP contribution is 2.36. The predicted molar refractivity (Wildman–Crippen MR) is 84.3 cm³/mol. The molecule has 1 aliphatic rings. The Morgan fingerprint density at radius 3 is 2.67 bits per heavy atom. The molecule has 0 unspecified atom stereocenters. The van der Waals surface area contributed by atoms with Gasteiger partial charge in [-0.05, 0) is 42.9 Å². The second-order valence-corrected chi connectivity index (χ2v) is 6.61. The molecule has 0 saturated heterocycles. The molecule has 0 radical (unpaired) electrons. The van der Waals surface area contributed by atoms with E-state index in [1.807, 2.05) is 18.4 Å². The molecule has 1 aromatic heterocycles. The summed E-state index contributed by atoms with van der Waals surface area (Å²) in [5, 5.41) is 14.2. The van der Waals surface area contributed by atoms with Crippen LogP contribution in [0.25, 0.3) is 6.08 Å². The molecule has 1 fully saturated rings. The van der Waals surface area contributed by atoms with Gasteiger partial charge in [0.1, 0.15) is 0 Å². The van der Waals surface area contributed by atoms with Gasteiger partial charge in [0.25, 0.3) is 0 Å². The lowest BCUT2D eigenvalue weighted by atomic mass is 9.74.